The van der Waals surface area contributed by atoms with Crippen LogP contribution in [-0.2, 0) is 41.6 Å². The number of H-pyrrole nitrogens is 2. The number of carbonyl (C=O) groups is 6. The van der Waals surface area contributed by atoms with Crippen LogP contribution >= 0.6 is 0 Å². The van der Waals surface area contributed by atoms with Crippen LogP contribution in [0.25, 0.3) is 21.8 Å². The summed E-state index contributed by atoms with van der Waals surface area (Å²) in [5.74, 6) is -5.24. The number of nitrogens with two attached hydrogens (primary N) is 4. The number of carbonyl (C=O) groups excluding carboxylic acids is 6. The Bertz CT molecular complexity index is 1650. The summed E-state index contributed by atoms with van der Waals surface area (Å²) in [5, 5.41) is 29.2. The molecule has 0 aliphatic heterocycles. The topological polar surface area (TPSA) is 308 Å². The summed E-state index contributed by atoms with van der Waals surface area (Å²) in [4.78, 5) is 74.1. The first-order chi connectivity index (χ1) is 22.8. The Balaban J connectivity index is 0.000000333. The number of hydrogen-bond donors (Lipinski definition) is 8. The van der Waals surface area contributed by atoms with Crippen LogP contribution in [0.4, 0.5) is 0 Å². The minimum atomic E-state index is -1.38. The van der Waals surface area contributed by atoms with Crippen molar-refractivity contribution in [2.45, 2.75) is 62.7 Å². The van der Waals surface area contributed by atoms with E-state index in [0.717, 1.165) is 32.9 Å². The van der Waals surface area contributed by atoms with Crippen LogP contribution < -0.4 is 43.8 Å². The van der Waals surface area contributed by atoms with E-state index in [-0.39, 0.29) is 76.3 Å². The Morgan fingerprint density at radius 3 is 1.31 bits per heavy atom. The third-order valence-electron chi connectivity index (χ3n) is 7.53. The van der Waals surface area contributed by atoms with Crippen LogP contribution in [0.1, 0.15) is 36.8 Å². The second-order valence-corrected chi connectivity index (χ2v) is 11.1. The number of aliphatic carboxylic acids is 2. The van der Waals surface area contributed by atoms with Gasteiger partial charge < -0.3 is 63.3 Å². The first-order valence-electron chi connectivity index (χ1n) is 15.0. The number of rotatable bonds is 16. The van der Waals surface area contributed by atoms with Crippen LogP contribution in [-0.4, -0.2) is 107 Å². The molecule has 0 aliphatic carbocycles. The second kappa shape index (κ2) is 19.5. The second-order valence-electron chi connectivity index (χ2n) is 11.1. The Labute approximate surface area is 310 Å². The predicted octanol–water partition coefficient (Wildman–Crippen LogP) is -3.30. The Morgan fingerprint density at radius 1 is 0.633 bits per heavy atom. The summed E-state index contributed by atoms with van der Waals surface area (Å²) in [6, 6.07) is 10.6. The fraction of sp³-hybridized carbons (Fsp3) is 0.312. The van der Waals surface area contributed by atoms with Crippen molar-refractivity contribution in [3.63, 3.8) is 0 Å². The molecule has 2 aromatic heterocycles. The molecule has 0 aliphatic rings. The molecule has 2 aromatic carbocycles. The summed E-state index contributed by atoms with van der Waals surface area (Å²) >= 11 is 0. The van der Waals surface area contributed by atoms with Crippen LogP contribution in [0, 0.1) is 0 Å². The number of nitrogens with one attached hydrogen (secondary N) is 4. The summed E-state index contributed by atoms with van der Waals surface area (Å²) < 4.78 is 0. The van der Waals surface area contributed by atoms with Crippen molar-refractivity contribution < 1.29 is 39.0 Å². The normalized spacial score (nSPS) is 13.1. The molecule has 0 bridgehead atoms. The molecule has 0 saturated heterocycles. The Morgan fingerprint density at radius 2 is 0.980 bits per heavy atom. The predicted molar refractivity (Wildman–Crippen MR) is 176 cm³/mol. The zero-order chi connectivity index (χ0) is 35.4. The molecular formula is C32H38CaN8O8. The molecule has 4 aromatic rings. The van der Waals surface area contributed by atoms with Crippen LogP contribution in [0.2, 0.25) is 0 Å². The minimum absolute atomic E-state index is 0. The first-order valence-corrected chi connectivity index (χ1v) is 15.0. The molecule has 256 valence electrons. The van der Waals surface area contributed by atoms with E-state index in [0.29, 0.717) is 0 Å². The third kappa shape index (κ3) is 12.5. The number of amides is 4. The van der Waals surface area contributed by atoms with E-state index >= 15 is 0 Å². The number of primary amides is 2. The number of fused-ring (bicyclic) bond motifs is 2. The van der Waals surface area contributed by atoms with Gasteiger partial charge in [0, 0.05) is 59.9 Å². The van der Waals surface area contributed by atoms with Gasteiger partial charge in [-0.05, 0) is 36.1 Å². The van der Waals surface area contributed by atoms with Gasteiger partial charge in [-0.2, -0.15) is 0 Å². The number of hydrogen-bond acceptors (Lipinski definition) is 10. The van der Waals surface area contributed by atoms with E-state index in [4.69, 9.17) is 22.9 Å². The SMILES string of the molecule is NC(=O)[C@H](N)CCC(=O)N[C@H](Cc1c[nH]c2ccccc12)C(=O)[O-].NC(=O)[C@H](N)CCC(=O)N[C@H](Cc1c[nH]c2ccccc12)C(=O)[O-].[Ca+2]. The average molecular weight is 703 g/mol. The first kappa shape index (κ1) is 40.7. The molecule has 2 heterocycles. The van der Waals surface area contributed by atoms with Crippen LogP contribution in [0.15, 0.2) is 60.9 Å². The van der Waals surface area contributed by atoms with Gasteiger partial charge in [-0.1, -0.05) is 36.4 Å². The molecule has 49 heavy (non-hydrogen) atoms. The number of aromatic nitrogens is 2. The van der Waals surface area contributed by atoms with Crippen LogP contribution in [0.5, 0.6) is 0 Å². The fourth-order valence-electron chi connectivity index (χ4n) is 4.82. The van der Waals surface area contributed by atoms with Gasteiger partial charge in [0.2, 0.25) is 23.6 Å². The Kier molecular flexibility index (Phi) is 16.2. The van der Waals surface area contributed by atoms with E-state index in [2.05, 4.69) is 20.6 Å². The zero-order valence-electron chi connectivity index (χ0n) is 26.6. The average Bonchev–Trinajstić information content (AvgIpc) is 3.65. The van der Waals surface area contributed by atoms with Gasteiger partial charge in [-0.3, -0.25) is 19.2 Å². The monoisotopic (exact) mass is 702 g/mol. The maximum atomic E-state index is 11.9. The van der Waals surface area contributed by atoms with E-state index < -0.39 is 59.7 Å². The summed E-state index contributed by atoms with van der Waals surface area (Å²) in [5.41, 5.74) is 24.2. The van der Waals surface area contributed by atoms with Crippen molar-refractivity contribution >= 4 is 95.1 Å². The van der Waals surface area contributed by atoms with Crippen molar-refractivity contribution in [2.24, 2.45) is 22.9 Å². The van der Waals surface area contributed by atoms with Crippen LogP contribution in [0.3, 0.4) is 0 Å². The largest absolute Gasteiger partial charge is 2.00 e. The molecule has 0 spiro atoms. The van der Waals surface area contributed by atoms with Gasteiger partial charge in [0.15, 0.2) is 0 Å². The number of para-hydroxylation sites is 2. The van der Waals surface area contributed by atoms with E-state index in [9.17, 15) is 39.0 Å². The molecule has 4 amide bonds. The molecule has 4 rings (SSSR count). The van der Waals surface area contributed by atoms with Crippen molar-refractivity contribution in [2.75, 3.05) is 0 Å². The maximum Gasteiger partial charge on any atom is 2.00 e. The molecule has 0 radical (unpaired) electrons. The van der Waals surface area contributed by atoms with E-state index in [1.807, 2.05) is 48.5 Å². The van der Waals surface area contributed by atoms with E-state index in [1.165, 1.54) is 0 Å². The number of carboxylic acid groups (broad SMARTS) is 2. The molecular weight excluding hydrogens is 664 g/mol. The van der Waals surface area contributed by atoms with Gasteiger partial charge in [-0.25, -0.2) is 0 Å². The molecule has 0 fully saturated rings. The fourth-order valence-corrected chi connectivity index (χ4v) is 4.82. The number of carboxylic acids is 2. The molecule has 16 nitrogen and oxygen atoms in total. The standard InChI is InChI=1S/2C16H20N4O4.Ca/c2*17-11(15(18)22)5-6-14(21)20-13(16(23)24)7-9-8-19-12-4-2-1-3-10(9)12;/h2*1-4,8,11,13,19H,5-7,17H2,(H2,18,22)(H,20,21)(H,23,24);/q;;+2/p-2/t2*11-,13-;/m11./s1. The maximum absolute atomic E-state index is 11.9. The third-order valence-corrected chi connectivity index (χ3v) is 7.53. The smallest absolute Gasteiger partial charge is 0.548 e. The molecule has 17 heteroatoms. The van der Waals surface area contributed by atoms with Crippen molar-refractivity contribution in [1.29, 1.82) is 0 Å². The number of aromatic amines is 2. The molecule has 12 N–H and O–H groups in total. The van der Waals surface area contributed by atoms with Gasteiger partial charge in [-0.15, -0.1) is 0 Å². The summed E-state index contributed by atoms with van der Waals surface area (Å²) in [6.45, 7) is 0. The van der Waals surface area contributed by atoms with Crippen molar-refractivity contribution in [3.8, 4) is 0 Å². The van der Waals surface area contributed by atoms with Gasteiger partial charge in [0.25, 0.3) is 0 Å². The molecule has 4 atom stereocenters. The summed E-state index contributed by atoms with van der Waals surface area (Å²) in [7, 11) is 0. The van der Waals surface area contributed by atoms with Gasteiger partial charge in [0.05, 0.1) is 36.1 Å². The molecule has 0 saturated carbocycles. The molecule has 0 unspecified atom stereocenters. The minimum Gasteiger partial charge on any atom is -0.548 e. The van der Waals surface area contributed by atoms with E-state index in [1.54, 1.807) is 12.4 Å². The Hall–Kier alpha value is -4.48. The van der Waals surface area contributed by atoms with Crippen molar-refractivity contribution in [1.82, 2.24) is 20.6 Å². The van der Waals surface area contributed by atoms with Crippen molar-refractivity contribution in [3.05, 3.63) is 72.1 Å². The zero-order valence-corrected chi connectivity index (χ0v) is 28.8. The quantitative estimate of drug-likeness (QED) is 0.0538. The summed E-state index contributed by atoms with van der Waals surface area (Å²) in [6.07, 6.45) is 3.48. The van der Waals surface area contributed by atoms with Gasteiger partial charge in [0.1, 0.15) is 0 Å². The van der Waals surface area contributed by atoms with Gasteiger partial charge >= 0.3 is 37.7 Å². The number of benzene rings is 2.